The van der Waals surface area contributed by atoms with Crippen molar-refractivity contribution in [2.75, 3.05) is 6.61 Å². The van der Waals surface area contributed by atoms with E-state index >= 15 is 0 Å². The Morgan fingerprint density at radius 3 is 2.69 bits per heavy atom. The molecule has 0 bridgehead atoms. The molecule has 2 N–H and O–H groups in total. The molecule has 0 aromatic carbocycles. The van der Waals surface area contributed by atoms with Gasteiger partial charge in [0.15, 0.2) is 0 Å². The van der Waals surface area contributed by atoms with Gasteiger partial charge >= 0.3 is 0 Å². The fourth-order valence-electron chi connectivity index (χ4n) is 1.82. The van der Waals surface area contributed by atoms with E-state index in [0.717, 1.165) is 18.7 Å². The van der Waals surface area contributed by atoms with Gasteiger partial charge in [-0.05, 0) is 20.3 Å². The van der Waals surface area contributed by atoms with Crippen LogP contribution in [0.25, 0.3) is 0 Å². The molecule has 0 aliphatic carbocycles. The van der Waals surface area contributed by atoms with Gasteiger partial charge in [0, 0.05) is 13.2 Å². The molecular weight excluding hydrogens is 226 g/mol. The lowest BCUT2D eigenvalue weighted by atomic mass is 10.1. The van der Waals surface area contributed by atoms with Gasteiger partial charge in [-0.2, -0.15) is 5.10 Å². The summed E-state index contributed by atoms with van der Waals surface area (Å²) in [5.41, 5.74) is 7.05. The molecule has 0 fully saturated rings. The smallest absolute Gasteiger partial charge is 0.0835 e. The van der Waals surface area contributed by atoms with Gasteiger partial charge in [0.25, 0.3) is 0 Å². The van der Waals surface area contributed by atoms with E-state index in [1.165, 1.54) is 0 Å². The highest BCUT2D eigenvalue weighted by Gasteiger charge is 2.24. The van der Waals surface area contributed by atoms with Crippen molar-refractivity contribution in [3.05, 3.63) is 16.9 Å². The van der Waals surface area contributed by atoms with Crippen molar-refractivity contribution in [3.8, 4) is 0 Å². The van der Waals surface area contributed by atoms with Crippen molar-refractivity contribution in [3.63, 3.8) is 0 Å². The van der Waals surface area contributed by atoms with Crippen LogP contribution in [-0.2, 0) is 11.3 Å². The zero-order valence-corrected chi connectivity index (χ0v) is 10.9. The molecule has 1 aromatic heterocycles. The summed E-state index contributed by atoms with van der Waals surface area (Å²) >= 11 is 6.10. The minimum absolute atomic E-state index is 0.00972. The minimum Gasteiger partial charge on any atom is -0.376 e. The Kier molecular flexibility index (Phi) is 5.25. The van der Waals surface area contributed by atoms with E-state index in [4.69, 9.17) is 22.1 Å². The third-order valence-corrected chi connectivity index (χ3v) is 2.92. The van der Waals surface area contributed by atoms with E-state index in [-0.39, 0.29) is 12.1 Å². The molecule has 0 aliphatic rings. The number of aryl methyl sites for hydroxylation is 1. The fraction of sp³-hybridized carbons (Fsp3) is 0.727. The second-order valence-corrected chi connectivity index (χ2v) is 4.03. The van der Waals surface area contributed by atoms with Crippen LogP contribution in [0.2, 0.25) is 5.02 Å². The Labute approximate surface area is 102 Å². The quantitative estimate of drug-likeness (QED) is 0.837. The van der Waals surface area contributed by atoms with Crippen LogP contribution in [0.15, 0.2) is 6.20 Å². The van der Waals surface area contributed by atoms with Crippen molar-refractivity contribution in [2.45, 2.75) is 45.9 Å². The van der Waals surface area contributed by atoms with Gasteiger partial charge in [0.05, 0.1) is 29.1 Å². The van der Waals surface area contributed by atoms with E-state index in [2.05, 4.69) is 12.0 Å². The molecule has 0 saturated heterocycles. The van der Waals surface area contributed by atoms with Crippen molar-refractivity contribution in [1.82, 2.24) is 9.78 Å². The zero-order valence-electron chi connectivity index (χ0n) is 10.1. The summed E-state index contributed by atoms with van der Waals surface area (Å²) in [5.74, 6) is 0. The third-order valence-electron chi connectivity index (χ3n) is 2.63. The number of nitrogens with zero attached hydrogens (tertiary/aromatic N) is 2. The molecule has 0 aliphatic heterocycles. The van der Waals surface area contributed by atoms with Crippen LogP contribution in [0.5, 0.6) is 0 Å². The molecule has 0 radical (unpaired) electrons. The molecule has 0 spiro atoms. The molecule has 92 valence electrons. The molecule has 0 amide bonds. The number of hydrogen-bond donors (Lipinski definition) is 1. The Bertz CT molecular complexity index is 327. The predicted octanol–water partition coefficient (Wildman–Crippen LogP) is 2.37. The van der Waals surface area contributed by atoms with Crippen LogP contribution >= 0.6 is 11.6 Å². The van der Waals surface area contributed by atoms with E-state index < -0.39 is 0 Å². The number of nitrogens with two attached hydrogens (primary N) is 1. The molecule has 2 atom stereocenters. The van der Waals surface area contributed by atoms with Crippen molar-refractivity contribution >= 4 is 11.6 Å². The summed E-state index contributed by atoms with van der Waals surface area (Å²) in [7, 11) is 0. The predicted molar refractivity (Wildman–Crippen MR) is 65.5 cm³/mol. The number of halogens is 1. The first kappa shape index (κ1) is 13.5. The van der Waals surface area contributed by atoms with E-state index in [1.807, 2.05) is 18.5 Å². The highest BCUT2D eigenvalue weighted by atomic mass is 35.5. The van der Waals surface area contributed by atoms with Gasteiger partial charge in [0.1, 0.15) is 0 Å². The number of aromatic nitrogens is 2. The van der Waals surface area contributed by atoms with Gasteiger partial charge in [-0.3, -0.25) is 4.68 Å². The average molecular weight is 246 g/mol. The Hall–Kier alpha value is -0.580. The van der Waals surface area contributed by atoms with Gasteiger partial charge in [0.2, 0.25) is 0 Å². The topological polar surface area (TPSA) is 53.1 Å². The molecular formula is C11H20ClN3O. The first-order valence-electron chi connectivity index (χ1n) is 5.73. The Balaban J connectivity index is 2.92. The minimum atomic E-state index is -0.222. The van der Waals surface area contributed by atoms with Crippen molar-refractivity contribution < 1.29 is 4.74 Å². The maximum Gasteiger partial charge on any atom is 0.0835 e. The average Bonchev–Trinajstić information content (AvgIpc) is 2.66. The number of hydrogen-bond acceptors (Lipinski definition) is 3. The first-order chi connectivity index (χ1) is 7.65. The molecule has 2 unspecified atom stereocenters. The maximum atomic E-state index is 6.19. The summed E-state index contributed by atoms with van der Waals surface area (Å²) < 4.78 is 7.43. The summed E-state index contributed by atoms with van der Waals surface area (Å²) in [6.45, 7) is 7.46. The lowest BCUT2D eigenvalue weighted by Crippen LogP contribution is -2.30. The first-order valence-corrected chi connectivity index (χ1v) is 6.11. The highest BCUT2D eigenvalue weighted by molar-refractivity contribution is 6.31. The molecule has 5 heteroatoms. The molecule has 1 rings (SSSR count). The van der Waals surface area contributed by atoms with Crippen LogP contribution in [-0.4, -0.2) is 22.5 Å². The monoisotopic (exact) mass is 245 g/mol. The molecule has 1 aromatic rings. The third kappa shape index (κ3) is 2.75. The normalized spacial score (nSPS) is 15.1. The summed E-state index contributed by atoms with van der Waals surface area (Å²) in [5, 5.41) is 4.80. The van der Waals surface area contributed by atoms with Crippen molar-refractivity contribution in [2.24, 2.45) is 5.73 Å². The Morgan fingerprint density at radius 1 is 1.50 bits per heavy atom. The maximum absolute atomic E-state index is 6.19. The lowest BCUT2D eigenvalue weighted by molar-refractivity contribution is 0.0394. The van der Waals surface area contributed by atoms with Gasteiger partial charge in [-0.25, -0.2) is 0 Å². The van der Waals surface area contributed by atoms with E-state index in [0.29, 0.717) is 11.6 Å². The second kappa shape index (κ2) is 6.23. The molecule has 16 heavy (non-hydrogen) atoms. The number of rotatable bonds is 6. The SMILES string of the molecule is CCOC(CC)C(N)c1c(Cl)cnn1CC. The second-order valence-electron chi connectivity index (χ2n) is 3.62. The van der Waals surface area contributed by atoms with Crippen LogP contribution < -0.4 is 5.73 Å². The van der Waals surface area contributed by atoms with Crippen LogP contribution in [0.4, 0.5) is 0 Å². The zero-order chi connectivity index (χ0) is 12.1. The lowest BCUT2D eigenvalue weighted by Gasteiger charge is -2.23. The number of ether oxygens (including phenoxy) is 1. The molecule has 0 saturated carbocycles. The van der Waals surface area contributed by atoms with Crippen molar-refractivity contribution in [1.29, 1.82) is 0 Å². The largest absolute Gasteiger partial charge is 0.376 e. The Morgan fingerprint density at radius 2 is 2.19 bits per heavy atom. The van der Waals surface area contributed by atoms with Gasteiger partial charge in [-0.1, -0.05) is 18.5 Å². The molecule has 4 nitrogen and oxygen atoms in total. The summed E-state index contributed by atoms with van der Waals surface area (Å²) in [6.07, 6.45) is 2.49. The fourth-order valence-corrected chi connectivity index (χ4v) is 2.09. The van der Waals surface area contributed by atoms with E-state index in [9.17, 15) is 0 Å². The summed E-state index contributed by atoms with van der Waals surface area (Å²) in [4.78, 5) is 0. The highest BCUT2D eigenvalue weighted by Crippen LogP contribution is 2.26. The molecule has 1 heterocycles. The summed E-state index contributed by atoms with van der Waals surface area (Å²) in [6, 6.07) is -0.222. The van der Waals surface area contributed by atoms with Gasteiger partial charge < -0.3 is 10.5 Å². The van der Waals surface area contributed by atoms with E-state index in [1.54, 1.807) is 6.20 Å². The standard InChI is InChI=1S/C11H20ClN3O/c1-4-9(16-6-3)10(13)11-8(12)7-14-15(11)5-2/h7,9-10H,4-6,13H2,1-3H3. The van der Waals surface area contributed by atoms with Crippen LogP contribution in [0, 0.1) is 0 Å². The van der Waals surface area contributed by atoms with Gasteiger partial charge in [-0.15, -0.1) is 0 Å². The van der Waals surface area contributed by atoms with Crippen LogP contribution in [0.1, 0.15) is 38.9 Å². The van der Waals surface area contributed by atoms with Crippen LogP contribution in [0.3, 0.4) is 0 Å².